The summed E-state index contributed by atoms with van der Waals surface area (Å²) in [6.07, 6.45) is 0.421. The molecule has 0 aliphatic carbocycles. The lowest BCUT2D eigenvalue weighted by atomic mass is 10.2. The van der Waals surface area contributed by atoms with Crippen LogP contribution in [-0.4, -0.2) is 52.1 Å². The molecule has 0 aliphatic rings. The molecular weight excluding hydrogens is 413 g/mol. The van der Waals surface area contributed by atoms with E-state index in [1.54, 1.807) is 13.8 Å². The van der Waals surface area contributed by atoms with E-state index in [-0.39, 0.29) is 35.2 Å². The zero-order chi connectivity index (χ0) is 22.1. The Kier molecular flexibility index (Phi) is 8.61. The van der Waals surface area contributed by atoms with Gasteiger partial charge in [-0.25, -0.2) is 17.6 Å². The maximum Gasteiger partial charge on any atom is 0.338 e. The van der Waals surface area contributed by atoms with Crippen LogP contribution in [0.1, 0.15) is 30.6 Å². The Balaban J connectivity index is 1.99. The van der Waals surface area contributed by atoms with E-state index in [0.29, 0.717) is 25.3 Å². The number of rotatable bonds is 11. The average Bonchev–Trinajstić information content (AvgIpc) is 2.74. The van der Waals surface area contributed by atoms with E-state index in [9.17, 15) is 17.6 Å². The molecule has 0 saturated heterocycles. The number of hydrogen-bond acceptors (Lipinski definition) is 6. The van der Waals surface area contributed by atoms with Gasteiger partial charge in [0.25, 0.3) is 0 Å². The molecule has 164 valence electrons. The fraction of sp³-hybridized carbons (Fsp3) is 0.381. The SMILES string of the molecule is CCN(CC)S(=O)(=O)c1cc(C(=O)OCCCOc2ccc(F)cc2)ccc1OC. The Morgan fingerprint density at radius 1 is 1.03 bits per heavy atom. The van der Waals surface area contributed by atoms with Crippen molar-refractivity contribution in [3.63, 3.8) is 0 Å². The summed E-state index contributed by atoms with van der Waals surface area (Å²) >= 11 is 0. The third kappa shape index (κ3) is 5.93. The van der Waals surface area contributed by atoms with Gasteiger partial charge < -0.3 is 14.2 Å². The lowest BCUT2D eigenvalue weighted by Gasteiger charge is -2.20. The molecule has 30 heavy (non-hydrogen) atoms. The largest absolute Gasteiger partial charge is 0.495 e. The summed E-state index contributed by atoms with van der Waals surface area (Å²) in [4.78, 5) is 12.3. The van der Waals surface area contributed by atoms with Gasteiger partial charge in [-0.15, -0.1) is 0 Å². The highest BCUT2D eigenvalue weighted by Crippen LogP contribution is 2.28. The van der Waals surface area contributed by atoms with Gasteiger partial charge in [-0.3, -0.25) is 0 Å². The fourth-order valence-corrected chi connectivity index (χ4v) is 4.38. The van der Waals surface area contributed by atoms with E-state index >= 15 is 0 Å². The number of esters is 1. The number of carbonyl (C=O) groups is 1. The van der Waals surface area contributed by atoms with E-state index in [0.717, 1.165) is 0 Å². The molecule has 0 amide bonds. The summed E-state index contributed by atoms with van der Waals surface area (Å²) < 4.78 is 55.7. The summed E-state index contributed by atoms with van der Waals surface area (Å²) in [6, 6.07) is 9.77. The minimum absolute atomic E-state index is 0.0807. The van der Waals surface area contributed by atoms with Gasteiger partial charge in [-0.05, 0) is 42.5 Å². The second-order valence-corrected chi connectivity index (χ2v) is 8.15. The van der Waals surface area contributed by atoms with Crippen molar-refractivity contribution in [3.8, 4) is 11.5 Å². The minimum Gasteiger partial charge on any atom is -0.495 e. The molecular formula is C21H26FNO6S. The van der Waals surface area contributed by atoms with Crippen molar-refractivity contribution >= 4 is 16.0 Å². The third-order valence-corrected chi connectivity index (χ3v) is 6.40. The summed E-state index contributed by atoms with van der Waals surface area (Å²) in [7, 11) is -2.44. The first-order chi connectivity index (χ1) is 14.3. The van der Waals surface area contributed by atoms with E-state index in [1.807, 2.05) is 0 Å². The summed E-state index contributed by atoms with van der Waals surface area (Å²) in [5.41, 5.74) is 0.112. The molecule has 0 aromatic heterocycles. The van der Waals surface area contributed by atoms with Crippen molar-refractivity contribution in [1.82, 2.24) is 4.31 Å². The Morgan fingerprint density at radius 3 is 2.30 bits per heavy atom. The molecule has 2 aromatic carbocycles. The Bertz CT molecular complexity index is 942. The molecule has 7 nitrogen and oxygen atoms in total. The summed E-state index contributed by atoms with van der Waals surface area (Å²) in [5.74, 6) is -0.316. The second kappa shape index (κ2) is 10.9. The highest BCUT2D eigenvalue weighted by Gasteiger charge is 2.27. The van der Waals surface area contributed by atoms with Gasteiger partial charge >= 0.3 is 5.97 Å². The van der Waals surface area contributed by atoms with Crippen molar-refractivity contribution in [1.29, 1.82) is 0 Å². The van der Waals surface area contributed by atoms with Crippen molar-refractivity contribution in [2.45, 2.75) is 25.2 Å². The van der Waals surface area contributed by atoms with Crippen LogP contribution < -0.4 is 9.47 Å². The standard InChI is InChI=1S/C21H26FNO6S/c1-4-23(5-2)30(25,26)20-15-16(7-12-19(20)27-3)21(24)29-14-6-13-28-18-10-8-17(22)9-11-18/h7-12,15H,4-6,13-14H2,1-3H3. The van der Waals surface area contributed by atoms with Crippen LogP contribution in [0.4, 0.5) is 4.39 Å². The van der Waals surface area contributed by atoms with Crippen LogP contribution in [0.5, 0.6) is 11.5 Å². The quantitative estimate of drug-likeness (QED) is 0.394. The number of benzene rings is 2. The maximum absolute atomic E-state index is 12.9. The normalized spacial score (nSPS) is 11.4. The smallest absolute Gasteiger partial charge is 0.338 e. The van der Waals surface area contributed by atoms with Crippen molar-refractivity contribution in [2.24, 2.45) is 0 Å². The zero-order valence-electron chi connectivity index (χ0n) is 17.3. The Morgan fingerprint density at radius 2 is 1.70 bits per heavy atom. The van der Waals surface area contributed by atoms with Crippen LogP contribution in [0.3, 0.4) is 0 Å². The summed E-state index contributed by atoms with van der Waals surface area (Å²) in [5, 5.41) is 0. The molecule has 0 bridgehead atoms. The number of halogens is 1. The fourth-order valence-electron chi connectivity index (χ4n) is 2.74. The summed E-state index contributed by atoms with van der Waals surface area (Å²) in [6.45, 7) is 4.43. The molecule has 0 unspecified atom stereocenters. The number of ether oxygens (including phenoxy) is 3. The van der Waals surface area contributed by atoms with E-state index < -0.39 is 16.0 Å². The lowest BCUT2D eigenvalue weighted by molar-refractivity contribution is 0.0485. The third-order valence-electron chi connectivity index (χ3n) is 4.33. The Hall–Kier alpha value is -2.65. The molecule has 2 rings (SSSR count). The molecule has 0 aliphatic heterocycles. The van der Waals surface area contributed by atoms with E-state index in [2.05, 4.69) is 0 Å². The predicted octanol–water partition coefficient (Wildman–Crippen LogP) is 3.49. The number of methoxy groups -OCH3 is 1. The number of nitrogens with zero attached hydrogens (tertiary/aromatic N) is 1. The van der Waals surface area contributed by atoms with Crippen LogP contribution in [0.2, 0.25) is 0 Å². The molecule has 0 heterocycles. The highest BCUT2D eigenvalue weighted by molar-refractivity contribution is 7.89. The van der Waals surface area contributed by atoms with Crippen molar-refractivity contribution in [2.75, 3.05) is 33.4 Å². The maximum atomic E-state index is 12.9. The number of hydrogen-bond donors (Lipinski definition) is 0. The number of sulfonamides is 1. The van der Waals surface area contributed by atoms with Crippen molar-refractivity contribution in [3.05, 3.63) is 53.8 Å². The van der Waals surface area contributed by atoms with Gasteiger partial charge in [0.2, 0.25) is 10.0 Å². The topological polar surface area (TPSA) is 82.1 Å². The molecule has 9 heteroatoms. The molecule has 0 radical (unpaired) electrons. The first-order valence-electron chi connectivity index (χ1n) is 9.57. The first-order valence-corrected chi connectivity index (χ1v) is 11.0. The molecule has 0 N–H and O–H groups in total. The molecule has 0 atom stereocenters. The molecule has 0 saturated carbocycles. The van der Waals surface area contributed by atoms with Crippen LogP contribution in [-0.2, 0) is 14.8 Å². The van der Waals surface area contributed by atoms with Crippen LogP contribution >= 0.6 is 0 Å². The van der Waals surface area contributed by atoms with Gasteiger partial charge in [-0.2, -0.15) is 4.31 Å². The van der Waals surface area contributed by atoms with Gasteiger partial charge in [0.15, 0.2) is 0 Å². The van der Waals surface area contributed by atoms with Crippen LogP contribution in [0.25, 0.3) is 0 Å². The number of carbonyl (C=O) groups excluding carboxylic acids is 1. The van der Waals surface area contributed by atoms with E-state index in [4.69, 9.17) is 14.2 Å². The monoisotopic (exact) mass is 439 g/mol. The lowest BCUT2D eigenvalue weighted by Crippen LogP contribution is -2.31. The predicted molar refractivity (Wildman–Crippen MR) is 110 cm³/mol. The van der Waals surface area contributed by atoms with E-state index in [1.165, 1.54) is 53.9 Å². The van der Waals surface area contributed by atoms with Crippen molar-refractivity contribution < 1.29 is 31.8 Å². The zero-order valence-corrected chi connectivity index (χ0v) is 18.1. The molecule has 0 spiro atoms. The van der Waals surface area contributed by atoms with Gasteiger partial charge in [0.05, 0.1) is 25.9 Å². The van der Waals surface area contributed by atoms with Gasteiger partial charge in [0.1, 0.15) is 22.2 Å². The molecule has 0 fully saturated rings. The van der Waals surface area contributed by atoms with Crippen LogP contribution in [0, 0.1) is 5.82 Å². The second-order valence-electron chi connectivity index (χ2n) is 6.25. The minimum atomic E-state index is -3.81. The first kappa shape index (κ1) is 23.6. The van der Waals surface area contributed by atoms with Gasteiger partial charge in [-0.1, -0.05) is 13.8 Å². The average molecular weight is 440 g/mol. The molecule has 2 aromatic rings. The van der Waals surface area contributed by atoms with Crippen LogP contribution in [0.15, 0.2) is 47.4 Å². The highest BCUT2D eigenvalue weighted by atomic mass is 32.2. The van der Waals surface area contributed by atoms with Gasteiger partial charge in [0, 0.05) is 19.5 Å². The Labute approximate surface area is 176 Å².